The highest BCUT2D eigenvalue weighted by Crippen LogP contribution is 2.22. The number of allylic oxidation sites excluding steroid dienone is 6. The molecule has 0 aromatic heterocycles. The topological polar surface area (TPSA) is 131 Å². The second-order valence-electron chi connectivity index (χ2n) is 6.50. The lowest BCUT2D eigenvalue weighted by Gasteiger charge is -2.21. The Bertz CT molecular complexity index is 936. The Kier molecular flexibility index (Phi) is 10.1. The zero-order valence-electron chi connectivity index (χ0n) is 19.0. The number of nitrogens with zero attached hydrogens (tertiary/aromatic N) is 6. The first-order chi connectivity index (χ1) is 15.2. The SMILES string of the molecule is CCO/C=N/N1C(=O)/C(C#N)=C(C)/C=C(\C)N(/N=C/OCC)C(=O)/C(C#N)=C(C)/C=C/1C. The molecular weight excluding hydrogens is 412 g/mol. The van der Waals surface area contributed by atoms with E-state index in [0.29, 0.717) is 13.2 Å². The molecule has 0 saturated carbocycles. The summed E-state index contributed by atoms with van der Waals surface area (Å²) in [7, 11) is 0. The summed E-state index contributed by atoms with van der Waals surface area (Å²) in [6.07, 6.45) is 5.08. The number of carbonyl (C=O) groups excluding carboxylic acids is 2. The second kappa shape index (κ2) is 12.5. The van der Waals surface area contributed by atoms with E-state index in [-0.39, 0.29) is 33.7 Å². The minimum absolute atomic E-state index is 0.186. The van der Waals surface area contributed by atoms with E-state index in [0.717, 1.165) is 22.8 Å². The Morgan fingerprint density at radius 3 is 1.44 bits per heavy atom. The molecule has 1 heterocycles. The molecule has 10 nitrogen and oxygen atoms in total. The lowest BCUT2D eigenvalue weighted by atomic mass is 10.1. The number of ether oxygens (including phenoxy) is 2. The highest BCUT2D eigenvalue weighted by molar-refractivity contribution is 6.01. The van der Waals surface area contributed by atoms with E-state index in [1.807, 2.05) is 12.1 Å². The van der Waals surface area contributed by atoms with Gasteiger partial charge in [0.1, 0.15) is 23.3 Å². The number of hydrogen-bond acceptors (Lipinski definition) is 8. The molecule has 32 heavy (non-hydrogen) atoms. The molecule has 10 heteroatoms. The van der Waals surface area contributed by atoms with Crippen molar-refractivity contribution < 1.29 is 19.1 Å². The maximum Gasteiger partial charge on any atom is 0.289 e. The second-order valence-corrected chi connectivity index (χ2v) is 6.50. The van der Waals surface area contributed by atoms with Gasteiger partial charge in [-0.3, -0.25) is 9.59 Å². The maximum atomic E-state index is 13.1. The zero-order chi connectivity index (χ0) is 24.3. The fraction of sp³-hybridized carbons (Fsp3) is 0.364. The molecule has 0 spiro atoms. The van der Waals surface area contributed by atoms with Gasteiger partial charge in [0.05, 0.1) is 13.2 Å². The molecule has 0 aromatic carbocycles. The molecule has 0 aliphatic carbocycles. The summed E-state index contributed by atoms with van der Waals surface area (Å²) in [4.78, 5) is 26.2. The van der Waals surface area contributed by atoms with Gasteiger partial charge in [-0.1, -0.05) is 0 Å². The molecule has 1 aliphatic heterocycles. The highest BCUT2D eigenvalue weighted by atomic mass is 16.5. The van der Waals surface area contributed by atoms with Crippen LogP contribution >= 0.6 is 0 Å². The third-order valence-corrected chi connectivity index (χ3v) is 4.15. The molecule has 0 N–H and O–H groups in total. The van der Waals surface area contributed by atoms with E-state index in [2.05, 4.69) is 10.2 Å². The number of rotatable bonds is 6. The highest BCUT2D eigenvalue weighted by Gasteiger charge is 2.26. The van der Waals surface area contributed by atoms with Crippen molar-refractivity contribution in [1.29, 1.82) is 10.5 Å². The maximum absolute atomic E-state index is 13.1. The Hall–Kier alpha value is -4.18. The van der Waals surface area contributed by atoms with Crippen molar-refractivity contribution in [3.8, 4) is 12.1 Å². The van der Waals surface area contributed by atoms with Gasteiger partial charge in [0.25, 0.3) is 11.8 Å². The minimum Gasteiger partial charge on any atom is -0.482 e. The molecule has 0 bridgehead atoms. The molecule has 0 saturated heterocycles. The van der Waals surface area contributed by atoms with E-state index in [4.69, 9.17) is 9.47 Å². The van der Waals surface area contributed by atoms with Crippen molar-refractivity contribution in [1.82, 2.24) is 10.0 Å². The minimum atomic E-state index is -0.693. The fourth-order valence-electron chi connectivity index (χ4n) is 2.63. The van der Waals surface area contributed by atoms with Crippen molar-refractivity contribution >= 4 is 24.6 Å². The van der Waals surface area contributed by atoms with E-state index in [9.17, 15) is 20.1 Å². The number of nitriles is 2. The van der Waals surface area contributed by atoms with Gasteiger partial charge in [-0.05, 0) is 64.8 Å². The number of hydrazone groups is 2. The van der Waals surface area contributed by atoms with Crippen LogP contribution in [-0.2, 0) is 19.1 Å². The average Bonchev–Trinajstić information content (AvgIpc) is 2.74. The van der Waals surface area contributed by atoms with Gasteiger partial charge in [0, 0.05) is 11.4 Å². The van der Waals surface area contributed by atoms with Crippen LogP contribution in [0.2, 0.25) is 0 Å². The molecule has 168 valence electrons. The van der Waals surface area contributed by atoms with Crippen molar-refractivity contribution in [3.05, 3.63) is 45.8 Å². The first kappa shape index (κ1) is 25.9. The van der Waals surface area contributed by atoms with E-state index < -0.39 is 11.8 Å². The van der Waals surface area contributed by atoms with Crippen LogP contribution in [0.4, 0.5) is 0 Å². The average molecular weight is 438 g/mol. The summed E-state index contributed by atoms with van der Waals surface area (Å²) in [6.45, 7) is 10.4. The predicted octanol–water partition coefficient (Wildman–Crippen LogP) is 3.10. The fourth-order valence-corrected chi connectivity index (χ4v) is 2.63. The molecule has 0 atom stereocenters. The molecule has 0 unspecified atom stereocenters. The Morgan fingerprint density at radius 1 is 0.812 bits per heavy atom. The van der Waals surface area contributed by atoms with E-state index >= 15 is 0 Å². The number of hydrogen-bond donors (Lipinski definition) is 0. The Labute approximate surface area is 187 Å². The van der Waals surface area contributed by atoms with Crippen LogP contribution in [0.1, 0.15) is 41.5 Å². The zero-order valence-corrected chi connectivity index (χ0v) is 19.0. The summed E-state index contributed by atoms with van der Waals surface area (Å²) in [5, 5.41) is 29.3. The van der Waals surface area contributed by atoms with Gasteiger partial charge in [-0.2, -0.15) is 20.5 Å². The van der Waals surface area contributed by atoms with Crippen molar-refractivity contribution in [3.63, 3.8) is 0 Å². The van der Waals surface area contributed by atoms with Crippen molar-refractivity contribution in [2.45, 2.75) is 41.5 Å². The number of carbonyl (C=O) groups is 2. The smallest absolute Gasteiger partial charge is 0.289 e. The van der Waals surface area contributed by atoms with Crippen LogP contribution in [0, 0.1) is 22.7 Å². The molecule has 1 aliphatic rings. The monoisotopic (exact) mass is 438 g/mol. The lowest BCUT2D eigenvalue weighted by molar-refractivity contribution is -0.125. The summed E-state index contributed by atoms with van der Waals surface area (Å²) in [5.41, 5.74) is 0.738. The summed E-state index contributed by atoms with van der Waals surface area (Å²) < 4.78 is 10.2. The van der Waals surface area contributed by atoms with E-state index in [1.165, 1.54) is 12.2 Å². The Morgan fingerprint density at radius 2 is 1.16 bits per heavy atom. The third-order valence-electron chi connectivity index (χ3n) is 4.15. The van der Waals surface area contributed by atoms with Gasteiger partial charge in [-0.15, -0.1) is 10.2 Å². The third kappa shape index (κ3) is 6.41. The van der Waals surface area contributed by atoms with Gasteiger partial charge in [-0.25, -0.2) is 0 Å². The van der Waals surface area contributed by atoms with Crippen molar-refractivity contribution in [2.75, 3.05) is 13.2 Å². The molecule has 0 fully saturated rings. The molecule has 0 aromatic rings. The van der Waals surface area contributed by atoms with Crippen LogP contribution < -0.4 is 0 Å². The Balaban J connectivity index is 3.87. The molecular formula is C22H26N6O4. The largest absolute Gasteiger partial charge is 0.482 e. The van der Waals surface area contributed by atoms with Crippen LogP contribution in [0.5, 0.6) is 0 Å². The van der Waals surface area contributed by atoms with E-state index in [1.54, 1.807) is 41.5 Å². The lowest BCUT2D eigenvalue weighted by Crippen LogP contribution is -2.29. The first-order valence-electron chi connectivity index (χ1n) is 9.78. The number of amides is 2. The molecule has 0 radical (unpaired) electrons. The van der Waals surface area contributed by atoms with Crippen LogP contribution in [0.3, 0.4) is 0 Å². The molecule has 2 amide bonds. The van der Waals surface area contributed by atoms with Crippen LogP contribution in [0.25, 0.3) is 0 Å². The van der Waals surface area contributed by atoms with Gasteiger partial charge < -0.3 is 9.47 Å². The van der Waals surface area contributed by atoms with Crippen molar-refractivity contribution in [2.24, 2.45) is 10.2 Å². The molecule has 1 rings (SSSR count). The summed E-state index contributed by atoms with van der Waals surface area (Å²) in [5.74, 6) is -1.39. The first-order valence-corrected chi connectivity index (χ1v) is 9.78. The predicted molar refractivity (Wildman–Crippen MR) is 118 cm³/mol. The van der Waals surface area contributed by atoms with Crippen LogP contribution in [0.15, 0.2) is 56.0 Å². The normalized spacial score (nSPS) is 24.2. The standard InChI is InChI=1S/C22H26N6O4/c1-7-31-13-25-27-17(5)9-15(3)20(12-24)22(30)28(26-14-32-8-2)18(6)10-16(4)19(11-23)21(27)29/h9-10,13-14H,7-8H2,1-6H3/b17-9+,18-10+,19-16+,20-15+,25-13+,26-14+. The van der Waals surface area contributed by atoms with Gasteiger partial charge in [0.15, 0.2) is 12.8 Å². The van der Waals surface area contributed by atoms with Gasteiger partial charge in [0.2, 0.25) is 0 Å². The summed E-state index contributed by atoms with van der Waals surface area (Å²) in [6, 6.07) is 3.79. The summed E-state index contributed by atoms with van der Waals surface area (Å²) >= 11 is 0. The quantitative estimate of drug-likeness (QED) is 0.462. The van der Waals surface area contributed by atoms with Gasteiger partial charge >= 0.3 is 0 Å². The van der Waals surface area contributed by atoms with Crippen LogP contribution in [-0.4, -0.2) is 47.8 Å².